The van der Waals surface area contributed by atoms with E-state index in [4.69, 9.17) is 27.9 Å². The molecule has 0 fully saturated rings. The molecule has 0 aliphatic carbocycles. The SMILES string of the molecule is CCOC(=O)C(=CNc1nncs1)C(=O)c1cc(F)c(Cl)nc1Cl. The molecule has 0 saturated heterocycles. The molecule has 24 heavy (non-hydrogen) atoms. The molecule has 0 aromatic carbocycles. The lowest BCUT2D eigenvalue weighted by Gasteiger charge is -2.08. The van der Waals surface area contributed by atoms with Crippen LogP contribution in [0.3, 0.4) is 0 Å². The van der Waals surface area contributed by atoms with E-state index in [0.29, 0.717) is 5.13 Å². The summed E-state index contributed by atoms with van der Waals surface area (Å²) in [6.07, 6.45) is 1.09. The Morgan fingerprint density at radius 3 is 2.79 bits per heavy atom. The number of rotatable bonds is 6. The van der Waals surface area contributed by atoms with Crippen LogP contribution in [0.4, 0.5) is 9.52 Å². The second kappa shape index (κ2) is 8.13. The van der Waals surface area contributed by atoms with Crippen LogP contribution < -0.4 is 5.32 Å². The second-order valence-corrected chi connectivity index (χ2v) is 5.64. The zero-order valence-corrected chi connectivity index (χ0v) is 14.4. The molecule has 7 nitrogen and oxygen atoms in total. The molecule has 11 heteroatoms. The van der Waals surface area contributed by atoms with Crippen molar-refractivity contribution in [3.05, 3.63) is 45.0 Å². The van der Waals surface area contributed by atoms with Crippen molar-refractivity contribution < 1.29 is 18.7 Å². The van der Waals surface area contributed by atoms with Gasteiger partial charge in [-0.2, -0.15) is 0 Å². The zero-order valence-electron chi connectivity index (χ0n) is 12.0. The fraction of sp³-hybridized carbons (Fsp3) is 0.154. The van der Waals surface area contributed by atoms with E-state index in [1.54, 1.807) is 6.92 Å². The van der Waals surface area contributed by atoms with Crippen LogP contribution in [0.2, 0.25) is 10.3 Å². The predicted molar refractivity (Wildman–Crippen MR) is 86.8 cm³/mol. The quantitative estimate of drug-likeness (QED) is 0.202. The molecule has 0 spiro atoms. The summed E-state index contributed by atoms with van der Waals surface area (Å²) in [6, 6.07) is 0.804. The van der Waals surface area contributed by atoms with Gasteiger partial charge in [-0.05, 0) is 13.0 Å². The standard InChI is InChI=1S/C13H9Cl2FN4O3S/c1-2-23-12(22)7(4-17-13-20-18-5-24-13)9(21)6-3-8(16)11(15)19-10(6)14/h3-5H,2H2,1H3,(H,17,20). The third-order valence-corrected chi connectivity index (χ3v) is 3.75. The van der Waals surface area contributed by atoms with Crippen molar-refractivity contribution in [3.63, 3.8) is 0 Å². The topological polar surface area (TPSA) is 94.1 Å². The summed E-state index contributed by atoms with van der Waals surface area (Å²) in [5, 5.41) is 9.47. The van der Waals surface area contributed by atoms with E-state index in [-0.39, 0.29) is 17.3 Å². The van der Waals surface area contributed by atoms with Crippen molar-refractivity contribution in [2.75, 3.05) is 11.9 Å². The highest BCUT2D eigenvalue weighted by molar-refractivity contribution is 7.13. The van der Waals surface area contributed by atoms with Crippen LogP contribution >= 0.6 is 34.5 Å². The Morgan fingerprint density at radius 1 is 1.42 bits per heavy atom. The first-order valence-corrected chi connectivity index (χ1v) is 8.03. The van der Waals surface area contributed by atoms with Crippen LogP contribution in [-0.4, -0.2) is 33.5 Å². The maximum Gasteiger partial charge on any atom is 0.343 e. The molecular formula is C13H9Cl2FN4O3S. The average Bonchev–Trinajstić information content (AvgIpc) is 3.04. The molecule has 0 unspecified atom stereocenters. The number of hydrogen-bond donors (Lipinski definition) is 1. The van der Waals surface area contributed by atoms with Gasteiger partial charge in [0.1, 0.15) is 16.2 Å². The van der Waals surface area contributed by atoms with E-state index in [1.165, 1.54) is 5.51 Å². The van der Waals surface area contributed by atoms with Gasteiger partial charge in [0, 0.05) is 6.20 Å². The van der Waals surface area contributed by atoms with Crippen LogP contribution in [0.5, 0.6) is 0 Å². The molecule has 2 aromatic rings. The summed E-state index contributed by atoms with van der Waals surface area (Å²) in [5.41, 5.74) is 0.728. The van der Waals surface area contributed by atoms with Crippen molar-refractivity contribution >= 4 is 51.4 Å². The van der Waals surface area contributed by atoms with Gasteiger partial charge in [0.25, 0.3) is 0 Å². The first kappa shape index (κ1) is 18.2. The smallest absolute Gasteiger partial charge is 0.343 e. The van der Waals surface area contributed by atoms with Crippen molar-refractivity contribution in [2.24, 2.45) is 0 Å². The molecule has 0 radical (unpaired) electrons. The lowest BCUT2D eigenvalue weighted by Crippen LogP contribution is -2.18. The van der Waals surface area contributed by atoms with Crippen molar-refractivity contribution in [3.8, 4) is 0 Å². The van der Waals surface area contributed by atoms with Crippen LogP contribution in [0.15, 0.2) is 23.3 Å². The normalized spacial score (nSPS) is 11.2. The van der Waals surface area contributed by atoms with E-state index in [2.05, 4.69) is 20.5 Å². The Hall–Kier alpha value is -2.10. The predicted octanol–water partition coefficient (Wildman–Crippen LogP) is 3.12. The molecule has 0 aliphatic heterocycles. The van der Waals surface area contributed by atoms with Gasteiger partial charge in [0.15, 0.2) is 11.0 Å². The van der Waals surface area contributed by atoms with E-state index in [9.17, 15) is 14.0 Å². The van der Waals surface area contributed by atoms with Gasteiger partial charge < -0.3 is 10.1 Å². The number of anilines is 1. The van der Waals surface area contributed by atoms with Crippen molar-refractivity contribution in [1.82, 2.24) is 15.2 Å². The number of esters is 1. The summed E-state index contributed by atoms with van der Waals surface area (Å²) < 4.78 is 18.4. The molecule has 126 valence electrons. The summed E-state index contributed by atoms with van der Waals surface area (Å²) in [6.45, 7) is 1.62. The molecule has 0 aliphatic rings. The number of ether oxygens (including phenoxy) is 1. The Balaban J connectivity index is 2.39. The van der Waals surface area contributed by atoms with E-state index >= 15 is 0 Å². The Bertz CT molecular complexity index is 799. The van der Waals surface area contributed by atoms with Gasteiger partial charge in [0.2, 0.25) is 10.9 Å². The van der Waals surface area contributed by atoms with Crippen LogP contribution in [0.25, 0.3) is 0 Å². The number of carbonyl (C=O) groups is 2. The highest BCUT2D eigenvalue weighted by atomic mass is 35.5. The number of aromatic nitrogens is 3. The fourth-order valence-corrected chi connectivity index (χ4v) is 2.37. The number of pyridine rings is 1. The van der Waals surface area contributed by atoms with E-state index in [1.807, 2.05) is 0 Å². The molecule has 2 rings (SSSR count). The zero-order chi connectivity index (χ0) is 17.7. The van der Waals surface area contributed by atoms with Crippen LogP contribution in [0.1, 0.15) is 17.3 Å². The van der Waals surface area contributed by atoms with E-state index < -0.39 is 28.3 Å². The lowest BCUT2D eigenvalue weighted by atomic mass is 10.1. The van der Waals surface area contributed by atoms with Gasteiger partial charge in [-0.15, -0.1) is 10.2 Å². The monoisotopic (exact) mass is 390 g/mol. The maximum absolute atomic E-state index is 13.6. The summed E-state index contributed by atoms with van der Waals surface area (Å²) in [5.74, 6) is -2.73. The average molecular weight is 391 g/mol. The first-order valence-electron chi connectivity index (χ1n) is 6.40. The number of hydrogen-bond acceptors (Lipinski definition) is 8. The molecule has 0 amide bonds. The third-order valence-electron chi connectivity index (χ3n) is 2.57. The Labute approximate surface area is 149 Å². The molecule has 2 aromatic heterocycles. The van der Waals surface area contributed by atoms with Crippen LogP contribution in [0, 0.1) is 5.82 Å². The molecule has 0 saturated carbocycles. The first-order chi connectivity index (χ1) is 11.4. The summed E-state index contributed by atoms with van der Waals surface area (Å²) >= 11 is 12.5. The van der Waals surface area contributed by atoms with Crippen molar-refractivity contribution in [2.45, 2.75) is 6.92 Å². The maximum atomic E-state index is 13.6. The molecule has 0 atom stereocenters. The second-order valence-electron chi connectivity index (χ2n) is 4.10. The number of carbonyl (C=O) groups excluding carboxylic acids is 2. The van der Waals surface area contributed by atoms with Gasteiger partial charge in [-0.25, -0.2) is 14.2 Å². The number of ketones is 1. The van der Waals surface area contributed by atoms with E-state index in [0.717, 1.165) is 23.6 Å². The molecule has 2 heterocycles. The minimum Gasteiger partial charge on any atom is -0.462 e. The van der Waals surface area contributed by atoms with Crippen molar-refractivity contribution in [1.29, 1.82) is 0 Å². The summed E-state index contributed by atoms with van der Waals surface area (Å²) in [4.78, 5) is 28.0. The Morgan fingerprint density at radius 2 is 2.17 bits per heavy atom. The number of nitrogens with zero attached hydrogens (tertiary/aromatic N) is 3. The molecule has 0 bridgehead atoms. The highest BCUT2D eigenvalue weighted by Crippen LogP contribution is 2.23. The summed E-state index contributed by atoms with van der Waals surface area (Å²) in [7, 11) is 0. The minimum absolute atomic E-state index is 0.0449. The van der Waals surface area contributed by atoms with Gasteiger partial charge >= 0.3 is 5.97 Å². The largest absolute Gasteiger partial charge is 0.462 e. The Kier molecular flexibility index (Phi) is 6.18. The van der Waals surface area contributed by atoms with Gasteiger partial charge in [-0.1, -0.05) is 34.5 Å². The number of nitrogens with one attached hydrogen (secondary N) is 1. The molecule has 1 N–H and O–H groups in total. The third kappa shape index (κ3) is 4.25. The van der Waals surface area contributed by atoms with Crippen LogP contribution in [-0.2, 0) is 9.53 Å². The molecular weight excluding hydrogens is 382 g/mol. The lowest BCUT2D eigenvalue weighted by molar-refractivity contribution is -0.138. The van der Waals surface area contributed by atoms with Gasteiger partial charge in [-0.3, -0.25) is 4.79 Å². The minimum atomic E-state index is -0.940. The fourth-order valence-electron chi connectivity index (χ4n) is 1.55. The number of halogens is 3. The van der Waals surface area contributed by atoms with Gasteiger partial charge in [0.05, 0.1) is 12.2 Å². The highest BCUT2D eigenvalue weighted by Gasteiger charge is 2.25. The number of Topliss-reactive ketones (excluding diaryl/α,β-unsaturated/α-hetero) is 1.